The monoisotopic (exact) mass is 519 g/mol. The van der Waals surface area contributed by atoms with Gasteiger partial charge in [-0.3, -0.25) is 20.2 Å². The van der Waals surface area contributed by atoms with Crippen molar-refractivity contribution in [3.05, 3.63) is 110 Å². The first-order valence-corrected chi connectivity index (χ1v) is 11.4. The molecule has 0 aliphatic carbocycles. The van der Waals surface area contributed by atoms with Crippen LogP contribution in [0, 0.1) is 20.2 Å². The Morgan fingerprint density at radius 2 is 1.71 bits per heavy atom. The molecule has 0 radical (unpaired) electrons. The molecule has 38 heavy (non-hydrogen) atoms. The fraction of sp³-hybridized carbons (Fsp3) is 0.148. The Balaban J connectivity index is 1.59. The minimum Gasteiger partial charge on any atom is -0.493 e. The highest BCUT2D eigenvalue weighted by Gasteiger charge is 2.19. The number of rotatable bonds is 13. The minimum atomic E-state index is -1.01. The predicted molar refractivity (Wildman–Crippen MR) is 143 cm³/mol. The third-order valence-electron chi connectivity index (χ3n) is 5.34. The van der Waals surface area contributed by atoms with Gasteiger partial charge in [0.1, 0.15) is 12.3 Å². The number of ether oxygens (including phenoxy) is 2. The molecule has 0 atom stereocenters. The Hall–Kier alpha value is -5.19. The summed E-state index contributed by atoms with van der Waals surface area (Å²) >= 11 is 0. The summed E-state index contributed by atoms with van der Waals surface area (Å²) in [5, 5.41) is 33.9. The number of carboxylic acid groups (broad SMARTS) is 1. The Morgan fingerprint density at radius 1 is 0.974 bits per heavy atom. The molecule has 11 nitrogen and oxygen atoms in total. The van der Waals surface area contributed by atoms with Crippen molar-refractivity contribution >= 4 is 35.2 Å². The van der Waals surface area contributed by atoms with Crippen LogP contribution < -0.4 is 14.8 Å². The van der Waals surface area contributed by atoms with Gasteiger partial charge in [-0.15, -0.1) is 0 Å². The molecule has 0 saturated heterocycles. The van der Waals surface area contributed by atoms with Gasteiger partial charge in [-0.25, -0.2) is 4.79 Å². The molecule has 11 heteroatoms. The molecule has 3 aromatic carbocycles. The summed E-state index contributed by atoms with van der Waals surface area (Å²) < 4.78 is 11.2. The van der Waals surface area contributed by atoms with Gasteiger partial charge in [-0.05, 0) is 47.4 Å². The van der Waals surface area contributed by atoms with Crippen LogP contribution in [0.4, 0.5) is 17.1 Å². The maximum absolute atomic E-state index is 11.3. The fourth-order valence-electron chi connectivity index (χ4n) is 3.54. The van der Waals surface area contributed by atoms with Gasteiger partial charge in [0.15, 0.2) is 11.5 Å². The number of hydrogen-bond acceptors (Lipinski definition) is 8. The third kappa shape index (κ3) is 7.65. The summed E-state index contributed by atoms with van der Waals surface area (Å²) in [6.07, 6.45) is 7.12. The highest BCUT2D eigenvalue weighted by Crippen LogP contribution is 2.30. The third-order valence-corrected chi connectivity index (χ3v) is 5.34. The lowest BCUT2D eigenvalue weighted by molar-refractivity contribution is -0.393. The van der Waals surface area contributed by atoms with Gasteiger partial charge >= 0.3 is 5.97 Å². The highest BCUT2D eigenvalue weighted by molar-refractivity contribution is 5.86. The second-order valence-electron chi connectivity index (χ2n) is 7.88. The van der Waals surface area contributed by atoms with Crippen LogP contribution in [0.15, 0.2) is 72.8 Å². The van der Waals surface area contributed by atoms with Crippen LogP contribution in [0.3, 0.4) is 0 Å². The number of nitro groups is 2. The number of benzene rings is 3. The number of nitro benzene ring substituents is 2. The summed E-state index contributed by atoms with van der Waals surface area (Å²) in [4.78, 5) is 31.6. The number of carboxylic acids is 1. The number of anilines is 1. The lowest BCUT2D eigenvalue weighted by atomic mass is 10.0. The van der Waals surface area contributed by atoms with E-state index in [0.717, 1.165) is 28.8 Å². The van der Waals surface area contributed by atoms with Crippen molar-refractivity contribution in [3.63, 3.8) is 0 Å². The molecule has 2 N–H and O–H groups in total. The summed E-state index contributed by atoms with van der Waals surface area (Å²) in [6, 6.07) is 16.3. The van der Waals surface area contributed by atoms with Crippen LogP contribution in [0.2, 0.25) is 0 Å². The number of nitrogens with one attached hydrogen (secondary N) is 1. The van der Waals surface area contributed by atoms with E-state index in [9.17, 15) is 25.0 Å². The molecule has 0 fully saturated rings. The normalized spacial score (nSPS) is 11.0. The molecule has 196 valence electrons. The summed E-state index contributed by atoms with van der Waals surface area (Å²) in [5.41, 5.74) is 2.03. The van der Waals surface area contributed by atoms with Crippen LogP contribution in [0.25, 0.3) is 12.2 Å². The largest absolute Gasteiger partial charge is 0.493 e. The van der Waals surface area contributed by atoms with Crippen molar-refractivity contribution in [2.24, 2.45) is 0 Å². The standard InChI is InChI=1S/C27H25N3O8/c1-37-26-17-19(5-4-8-20-6-2-3-7-21(20)10-14-27(31)32)9-13-25(26)38-16-15-28-23-12-11-22(29(33)34)18-24(23)30(35)36/h2-4,6-14,17-18,28H,5,15-16H2,1H3,(H,31,32)/b8-4+,14-10+. The van der Waals surface area contributed by atoms with E-state index in [4.69, 9.17) is 14.6 Å². The second kappa shape index (κ2) is 13.2. The van der Waals surface area contributed by atoms with E-state index in [-0.39, 0.29) is 24.5 Å². The number of carbonyl (C=O) groups is 1. The molecular formula is C27H25N3O8. The molecule has 0 heterocycles. The average molecular weight is 520 g/mol. The van der Waals surface area contributed by atoms with Gasteiger partial charge in [-0.1, -0.05) is 42.5 Å². The summed E-state index contributed by atoms with van der Waals surface area (Å²) in [6.45, 7) is 0.367. The number of non-ortho nitro benzene ring substituents is 1. The van der Waals surface area contributed by atoms with Crippen molar-refractivity contribution in [1.82, 2.24) is 0 Å². The van der Waals surface area contributed by atoms with Gasteiger partial charge in [0.2, 0.25) is 0 Å². The lowest BCUT2D eigenvalue weighted by Gasteiger charge is -2.13. The Labute approximate surface area is 217 Å². The first-order chi connectivity index (χ1) is 18.3. The smallest absolute Gasteiger partial charge is 0.328 e. The maximum Gasteiger partial charge on any atom is 0.328 e. The maximum atomic E-state index is 11.3. The molecule has 0 saturated carbocycles. The fourth-order valence-corrected chi connectivity index (χ4v) is 3.54. The van der Waals surface area contributed by atoms with E-state index in [1.165, 1.54) is 19.2 Å². The second-order valence-corrected chi connectivity index (χ2v) is 7.88. The zero-order valence-electron chi connectivity index (χ0n) is 20.4. The zero-order valence-corrected chi connectivity index (χ0v) is 20.4. The number of allylic oxidation sites excluding steroid dienone is 1. The highest BCUT2D eigenvalue weighted by atomic mass is 16.6. The summed E-state index contributed by atoms with van der Waals surface area (Å²) in [7, 11) is 1.52. The topological polar surface area (TPSA) is 154 Å². The Morgan fingerprint density at radius 3 is 2.37 bits per heavy atom. The van der Waals surface area contributed by atoms with E-state index < -0.39 is 21.5 Å². The molecule has 0 bridgehead atoms. The SMILES string of the molecule is COc1cc(C/C=C/c2ccccc2/C=C/C(=O)O)ccc1OCCNc1ccc([N+](=O)[O-])cc1[N+](=O)[O-]. The molecule has 0 spiro atoms. The van der Waals surface area contributed by atoms with E-state index in [1.807, 2.05) is 48.6 Å². The van der Waals surface area contributed by atoms with E-state index in [0.29, 0.717) is 17.9 Å². The van der Waals surface area contributed by atoms with Gasteiger partial charge in [0.25, 0.3) is 11.4 Å². The molecule has 3 rings (SSSR count). The van der Waals surface area contributed by atoms with Gasteiger partial charge < -0.3 is 19.9 Å². The van der Waals surface area contributed by atoms with Gasteiger partial charge in [0.05, 0.1) is 23.0 Å². The van der Waals surface area contributed by atoms with Crippen molar-refractivity contribution in [3.8, 4) is 11.5 Å². The molecule has 3 aromatic rings. The first kappa shape index (κ1) is 27.4. The zero-order chi connectivity index (χ0) is 27.5. The first-order valence-electron chi connectivity index (χ1n) is 11.4. The molecule has 0 aromatic heterocycles. The molecule has 0 amide bonds. The lowest BCUT2D eigenvalue weighted by Crippen LogP contribution is -2.13. The number of hydrogen-bond donors (Lipinski definition) is 2. The number of nitrogens with zero attached hydrogens (tertiary/aromatic N) is 2. The number of aliphatic carboxylic acids is 1. The van der Waals surface area contributed by atoms with Crippen LogP contribution in [0.5, 0.6) is 11.5 Å². The Kier molecular flexibility index (Phi) is 9.52. The Bertz CT molecular complexity index is 1380. The van der Waals surface area contributed by atoms with Crippen molar-refractivity contribution < 1.29 is 29.2 Å². The molecular weight excluding hydrogens is 494 g/mol. The van der Waals surface area contributed by atoms with Crippen LogP contribution in [-0.4, -0.2) is 41.2 Å². The van der Waals surface area contributed by atoms with Crippen LogP contribution >= 0.6 is 0 Å². The quantitative estimate of drug-likeness (QED) is 0.131. The van der Waals surface area contributed by atoms with Crippen molar-refractivity contribution in [2.45, 2.75) is 6.42 Å². The molecule has 0 aliphatic rings. The van der Waals surface area contributed by atoms with E-state index in [1.54, 1.807) is 12.1 Å². The molecule has 0 aliphatic heterocycles. The van der Waals surface area contributed by atoms with E-state index >= 15 is 0 Å². The average Bonchev–Trinajstić information content (AvgIpc) is 2.90. The predicted octanol–water partition coefficient (Wildman–Crippen LogP) is 5.36. The van der Waals surface area contributed by atoms with E-state index in [2.05, 4.69) is 5.32 Å². The minimum absolute atomic E-state index is 0.151. The number of methoxy groups -OCH3 is 1. The van der Waals surface area contributed by atoms with Crippen LogP contribution in [-0.2, 0) is 11.2 Å². The van der Waals surface area contributed by atoms with Gasteiger partial charge in [-0.2, -0.15) is 0 Å². The summed E-state index contributed by atoms with van der Waals surface area (Å²) in [5.74, 6) is -0.00646. The van der Waals surface area contributed by atoms with Crippen molar-refractivity contribution in [1.29, 1.82) is 0 Å². The van der Waals surface area contributed by atoms with Crippen LogP contribution in [0.1, 0.15) is 16.7 Å². The van der Waals surface area contributed by atoms with Crippen molar-refractivity contribution in [2.75, 3.05) is 25.6 Å². The molecule has 0 unspecified atom stereocenters. The van der Waals surface area contributed by atoms with Gasteiger partial charge in [0, 0.05) is 18.7 Å².